The number of nitrogens with one attached hydrogen (secondary N) is 1. The van der Waals surface area contributed by atoms with Gasteiger partial charge >= 0.3 is 6.03 Å². The number of nitrogens with zero attached hydrogens (tertiary/aromatic N) is 3. The van der Waals surface area contributed by atoms with E-state index < -0.39 is 0 Å². The summed E-state index contributed by atoms with van der Waals surface area (Å²) in [6, 6.07) is 17.3. The number of benzene rings is 2. The van der Waals surface area contributed by atoms with Crippen LogP contribution in [0, 0.1) is 0 Å². The highest BCUT2D eigenvalue weighted by Gasteiger charge is 2.46. The Labute approximate surface area is 170 Å². The molecule has 2 amide bonds. The molecule has 3 heterocycles. The van der Waals surface area contributed by atoms with Crippen molar-refractivity contribution in [3.8, 4) is 11.3 Å². The maximum Gasteiger partial charge on any atom is 0.322 e. The number of urea groups is 1. The van der Waals surface area contributed by atoms with Gasteiger partial charge < -0.3 is 10.2 Å². The predicted molar refractivity (Wildman–Crippen MR) is 113 cm³/mol. The van der Waals surface area contributed by atoms with E-state index in [1.165, 1.54) is 29.5 Å². The van der Waals surface area contributed by atoms with Gasteiger partial charge in [0.15, 0.2) is 0 Å². The molecular weight excluding hydrogens is 360 g/mol. The second-order valence-corrected chi connectivity index (χ2v) is 8.53. The number of carbonyl (C=O) groups excluding carboxylic acids is 1. The summed E-state index contributed by atoms with van der Waals surface area (Å²) < 4.78 is 1.83. The van der Waals surface area contributed by atoms with Crippen LogP contribution in [0.4, 0.5) is 10.5 Å². The molecule has 2 atom stereocenters. The van der Waals surface area contributed by atoms with Crippen molar-refractivity contribution in [3.05, 3.63) is 71.4 Å². The maximum absolute atomic E-state index is 13.2. The zero-order chi connectivity index (χ0) is 19.5. The number of hydrogen-bond acceptors (Lipinski definition) is 2. The Morgan fingerprint density at radius 3 is 2.31 bits per heavy atom. The Balaban J connectivity index is 1.30. The minimum Gasteiger partial charge on any atom is -0.310 e. The monoisotopic (exact) mass is 384 g/mol. The molecule has 5 heteroatoms. The summed E-state index contributed by atoms with van der Waals surface area (Å²) in [6.07, 6.45) is 6.54. The first-order valence-corrected chi connectivity index (χ1v) is 10.5. The molecule has 2 fully saturated rings. The van der Waals surface area contributed by atoms with E-state index in [4.69, 9.17) is 0 Å². The van der Waals surface area contributed by atoms with Crippen LogP contribution in [-0.4, -0.2) is 20.7 Å². The van der Waals surface area contributed by atoms with E-state index in [0.29, 0.717) is 5.92 Å². The quantitative estimate of drug-likeness (QED) is 0.658. The third kappa shape index (κ3) is 2.68. The fraction of sp³-hybridized carbons (Fsp3) is 0.333. The van der Waals surface area contributed by atoms with Gasteiger partial charge in [-0.3, -0.25) is 4.68 Å². The van der Waals surface area contributed by atoms with Gasteiger partial charge in [0.05, 0.1) is 17.8 Å². The van der Waals surface area contributed by atoms with Crippen LogP contribution < -0.4 is 5.32 Å². The molecule has 1 saturated carbocycles. The van der Waals surface area contributed by atoms with Gasteiger partial charge in [0, 0.05) is 24.5 Å². The highest BCUT2D eigenvalue weighted by atomic mass is 16.2. The van der Waals surface area contributed by atoms with E-state index in [1.54, 1.807) is 0 Å². The number of hydrogen-bond donors (Lipinski definition) is 1. The molecule has 0 spiro atoms. The molecule has 0 radical (unpaired) electrons. The molecule has 1 aliphatic carbocycles. The van der Waals surface area contributed by atoms with Gasteiger partial charge in [0.1, 0.15) is 0 Å². The van der Waals surface area contributed by atoms with Crippen LogP contribution in [0.2, 0.25) is 0 Å². The summed E-state index contributed by atoms with van der Waals surface area (Å²) in [5, 5.41) is 7.78. The minimum absolute atomic E-state index is 0.000146. The van der Waals surface area contributed by atoms with E-state index in [1.807, 2.05) is 35.0 Å². The standard InChI is InChI=1S/C24H24N4O/c1-27-13-12-21(26-27)20-14-16(8-9-17(20)15-6-7-15)25-24(29)28-22-10-11-23(28)19-5-3-2-4-18(19)22/h2-5,8-9,12-15,22-23H,6-7,10-11H2,1H3,(H,25,29). The van der Waals surface area contributed by atoms with Crippen LogP contribution in [0.5, 0.6) is 0 Å². The van der Waals surface area contributed by atoms with Crippen molar-refractivity contribution < 1.29 is 4.79 Å². The lowest BCUT2D eigenvalue weighted by Crippen LogP contribution is -2.32. The number of aryl methyl sites for hydroxylation is 1. The first-order valence-electron chi connectivity index (χ1n) is 10.5. The van der Waals surface area contributed by atoms with E-state index in [9.17, 15) is 4.79 Å². The molecule has 2 aromatic carbocycles. The second-order valence-electron chi connectivity index (χ2n) is 8.53. The highest BCUT2D eigenvalue weighted by molar-refractivity contribution is 5.92. The summed E-state index contributed by atoms with van der Waals surface area (Å²) in [7, 11) is 1.94. The highest BCUT2D eigenvalue weighted by Crippen LogP contribution is 2.53. The molecule has 146 valence electrons. The number of anilines is 1. The van der Waals surface area contributed by atoms with Crippen molar-refractivity contribution in [2.24, 2.45) is 7.05 Å². The number of fused-ring (bicyclic) bond motifs is 5. The molecule has 2 unspecified atom stereocenters. The molecule has 1 N–H and O–H groups in total. The van der Waals surface area contributed by atoms with Gasteiger partial charge in [-0.15, -0.1) is 0 Å². The Bertz CT molecular complexity index is 1080. The SMILES string of the molecule is Cn1ccc(-c2cc(NC(=O)N3C4CCC3c3ccccc34)ccc2C2CC2)n1. The number of carbonyl (C=O) groups is 1. The van der Waals surface area contributed by atoms with E-state index in [-0.39, 0.29) is 18.1 Å². The van der Waals surface area contributed by atoms with Crippen molar-refractivity contribution in [2.75, 3.05) is 5.32 Å². The average molecular weight is 384 g/mol. The fourth-order valence-corrected chi connectivity index (χ4v) is 5.18. The van der Waals surface area contributed by atoms with Crippen molar-refractivity contribution in [1.29, 1.82) is 0 Å². The predicted octanol–water partition coefficient (Wildman–Crippen LogP) is 5.39. The van der Waals surface area contributed by atoms with Crippen LogP contribution >= 0.6 is 0 Å². The summed E-state index contributed by atoms with van der Waals surface area (Å²) in [5.74, 6) is 0.626. The smallest absolute Gasteiger partial charge is 0.310 e. The maximum atomic E-state index is 13.2. The third-order valence-corrected chi connectivity index (χ3v) is 6.64. The van der Waals surface area contributed by atoms with Crippen LogP contribution in [-0.2, 0) is 7.05 Å². The lowest BCUT2D eigenvalue weighted by atomic mass is 9.92. The molecular formula is C24H24N4O. The molecule has 6 rings (SSSR count). The van der Waals surface area contributed by atoms with Crippen molar-refractivity contribution >= 4 is 11.7 Å². The van der Waals surface area contributed by atoms with Gasteiger partial charge in [-0.2, -0.15) is 5.10 Å². The van der Waals surface area contributed by atoms with Crippen molar-refractivity contribution in [2.45, 2.75) is 43.7 Å². The van der Waals surface area contributed by atoms with Crippen LogP contribution in [0.1, 0.15) is 60.4 Å². The summed E-state index contributed by atoms with van der Waals surface area (Å²) in [6.45, 7) is 0. The molecule has 2 bridgehead atoms. The van der Waals surface area contributed by atoms with Crippen LogP contribution in [0.3, 0.4) is 0 Å². The molecule has 5 nitrogen and oxygen atoms in total. The van der Waals surface area contributed by atoms with E-state index >= 15 is 0 Å². The number of amides is 2. The van der Waals surface area contributed by atoms with Crippen molar-refractivity contribution in [1.82, 2.24) is 14.7 Å². The van der Waals surface area contributed by atoms with E-state index in [0.717, 1.165) is 29.8 Å². The Morgan fingerprint density at radius 1 is 0.966 bits per heavy atom. The second kappa shape index (κ2) is 6.21. The summed E-state index contributed by atoms with van der Waals surface area (Å²) >= 11 is 0. The van der Waals surface area contributed by atoms with Crippen LogP contribution in [0.15, 0.2) is 54.7 Å². The largest absolute Gasteiger partial charge is 0.322 e. The van der Waals surface area contributed by atoms with Gasteiger partial charge in [-0.05, 0) is 66.5 Å². The first kappa shape index (κ1) is 16.8. The molecule has 3 aromatic rings. The van der Waals surface area contributed by atoms with Crippen LogP contribution in [0.25, 0.3) is 11.3 Å². The summed E-state index contributed by atoms with van der Waals surface area (Å²) in [5.41, 5.74) is 6.93. The molecule has 3 aliphatic rings. The lowest BCUT2D eigenvalue weighted by molar-refractivity contribution is 0.197. The molecule has 1 aromatic heterocycles. The first-order chi connectivity index (χ1) is 14.2. The zero-order valence-electron chi connectivity index (χ0n) is 16.5. The van der Waals surface area contributed by atoms with Gasteiger partial charge in [-0.25, -0.2) is 4.79 Å². The van der Waals surface area contributed by atoms with Gasteiger partial charge in [0.2, 0.25) is 0 Å². The Hall–Kier alpha value is -3.08. The van der Waals surface area contributed by atoms with Gasteiger partial charge in [-0.1, -0.05) is 30.3 Å². The van der Waals surface area contributed by atoms with Crippen molar-refractivity contribution in [3.63, 3.8) is 0 Å². The lowest BCUT2D eigenvalue weighted by Gasteiger charge is -2.23. The number of aromatic nitrogens is 2. The topological polar surface area (TPSA) is 50.2 Å². The Kier molecular flexibility index (Phi) is 3.60. The molecule has 29 heavy (non-hydrogen) atoms. The third-order valence-electron chi connectivity index (χ3n) is 6.64. The Morgan fingerprint density at radius 2 is 1.69 bits per heavy atom. The number of rotatable bonds is 3. The van der Waals surface area contributed by atoms with Gasteiger partial charge in [0.25, 0.3) is 0 Å². The van der Waals surface area contributed by atoms with E-state index in [2.05, 4.69) is 46.8 Å². The zero-order valence-corrected chi connectivity index (χ0v) is 16.5. The minimum atomic E-state index is -0.000146. The normalized spacial score (nSPS) is 22.0. The molecule has 2 aliphatic heterocycles. The fourth-order valence-electron chi connectivity index (χ4n) is 5.18. The average Bonchev–Trinajstić information content (AvgIpc) is 3.22. The summed E-state index contributed by atoms with van der Waals surface area (Å²) in [4.78, 5) is 15.3. The molecule has 1 saturated heterocycles.